The number of hydrogen-bond donors (Lipinski definition) is 2. The lowest BCUT2D eigenvalue weighted by Gasteiger charge is -2.10. The van der Waals surface area contributed by atoms with Gasteiger partial charge in [0.2, 0.25) is 5.89 Å². The van der Waals surface area contributed by atoms with E-state index in [1.165, 1.54) is 0 Å². The average molecular weight is 170 g/mol. The van der Waals surface area contributed by atoms with Crippen LogP contribution >= 0.6 is 0 Å². The van der Waals surface area contributed by atoms with Crippen molar-refractivity contribution in [2.45, 2.75) is 32.4 Å². The molecule has 0 aliphatic carbocycles. The zero-order valence-electron chi connectivity index (χ0n) is 7.53. The van der Waals surface area contributed by atoms with Crippen molar-refractivity contribution in [3.8, 4) is 0 Å². The highest BCUT2D eigenvalue weighted by molar-refractivity contribution is 4.99. The molecule has 0 fully saturated rings. The average Bonchev–Trinajstić information content (AvgIpc) is 2.30. The maximum atomic E-state index is 5.73. The number of rotatable bonds is 2. The van der Waals surface area contributed by atoms with Gasteiger partial charge in [0.25, 0.3) is 0 Å². The van der Waals surface area contributed by atoms with E-state index in [1.807, 2.05) is 0 Å². The van der Waals surface area contributed by atoms with E-state index in [9.17, 15) is 0 Å². The molecule has 68 valence electrons. The van der Waals surface area contributed by atoms with Crippen LogP contribution < -0.4 is 11.5 Å². The van der Waals surface area contributed by atoms with Crippen LogP contribution in [0.3, 0.4) is 0 Å². The van der Waals surface area contributed by atoms with Crippen molar-refractivity contribution in [3.63, 3.8) is 0 Å². The molecule has 4 N–H and O–H groups in total. The molecule has 0 aliphatic heterocycles. The third-order valence-corrected chi connectivity index (χ3v) is 1.40. The molecule has 1 rings (SSSR count). The van der Waals surface area contributed by atoms with Crippen LogP contribution in [-0.4, -0.2) is 10.1 Å². The van der Waals surface area contributed by atoms with Crippen molar-refractivity contribution in [1.29, 1.82) is 0 Å². The van der Waals surface area contributed by atoms with E-state index in [2.05, 4.69) is 10.1 Å². The first kappa shape index (κ1) is 9.15. The van der Waals surface area contributed by atoms with Gasteiger partial charge in [-0.05, 0) is 20.8 Å². The molecule has 1 aromatic rings. The van der Waals surface area contributed by atoms with Gasteiger partial charge in [0, 0.05) is 0 Å². The Balaban J connectivity index is 2.92. The fraction of sp³-hybridized carbons (Fsp3) is 0.714. The Morgan fingerprint density at radius 3 is 2.33 bits per heavy atom. The highest BCUT2D eigenvalue weighted by Gasteiger charge is 2.22. The van der Waals surface area contributed by atoms with Crippen LogP contribution in [0.15, 0.2) is 4.52 Å². The van der Waals surface area contributed by atoms with E-state index < -0.39 is 5.54 Å². The van der Waals surface area contributed by atoms with Crippen molar-refractivity contribution in [2.75, 3.05) is 0 Å². The summed E-state index contributed by atoms with van der Waals surface area (Å²) in [7, 11) is 0. The second-order valence-electron chi connectivity index (χ2n) is 3.47. The normalized spacial score (nSPS) is 14.8. The predicted octanol–water partition coefficient (Wildman–Crippen LogP) is 0.283. The Hall–Kier alpha value is -0.940. The van der Waals surface area contributed by atoms with Crippen molar-refractivity contribution in [1.82, 2.24) is 10.1 Å². The predicted molar refractivity (Wildman–Crippen MR) is 44.1 cm³/mol. The van der Waals surface area contributed by atoms with Crippen LogP contribution in [0.25, 0.3) is 0 Å². The number of hydrogen-bond acceptors (Lipinski definition) is 5. The van der Waals surface area contributed by atoms with Crippen LogP contribution in [0.4, 0.5) is 0 Å². The van der Waals surface area contributed by atoms with Gasteiger partial charge in [0.1, 0.15) is 0 Å². The Morgan fingerprint density at radius 1 is 1.50 bits per heavy atom. The van der Waals surface area contributed by atoms with Gasteiger partial charge in [-0.15, -0.1) is 0 Å². The van der Waals surface area contributed by atoms with Gasteiger partial charge < -0.3 is 16.0 Å². The molecular formula is C7H14N4O. The first-order valence-electron chi connectivity index (χ1n) is 3.80. The van der Waals surface area contributed by atoms with Gasteiger partial charge in [-0.25, -0.2) is 0 Å². The van der Waals surface area contributed by atoms with Crippen LogP contribution in [0, 0.1) is 0 Å². The zero-order chi connectivity index (χ0) is 9.35. The van der Waals surface area contributed by atoms with Gasteiger partial charge in [-0.3, -0.25) is 0 Å². The SMILES string of the molecule is CC(N)c1noc(C(C)(C)N)n1. The van der Waals surface area contributed by atoms with E-state index in [1.54, 1.807) is 20.8 Å². The van der Waals surface area contributed by atoms with Crippen LogP contribution in [-0.2, 0) is 5.54 Å². The Bertz CT molecular complexity index is 261. The third-order valence-electron chi connectivity index (χ3n) is 1.40. The molecule has 12 heavy (non-hydrogen) atoms. The lowest BCUT2D eigenvalue weighted by molar-refractivity contribution is 0.309. The standard InChI is InChI=1S/C7H14N4O/c1-4(8)5-10-6(12-11-5)7(2,3)9/h4H,8-9H2,1-3H3. The Labute approximate surface area is 71.1 Å². The first-order valence-corrected chi connectivity index (χ1v) is 3.80. The van der Waals surface area contributed by atoms with Gasteiger partial charge in [0.05, 0.1) is 11.6 Å². The van der Waals surface area contributed by atoms with Crippen molar-refractivity contribution in [3.05, 3.63) is 11.7 Å². The summed E-state index contributed by atoms with van der Waals surface area (Å²) in [4.78, 5) is 4.05. The van der Waals surface area contributed by atoms with Crippen molar-refractivity contribution in [2.24, 2.45) is 11.5 Å². The molecule has 1 heterocycles. The molecule has 0 radical (unpaired) electrons. The Kier molecular flexibility index (Phi) is 2.16. The molecule has 0 saturated heterocycles. The van der Waals surface area contributed by atoms with E-state index in [4.69, 9.17) is 16.0 Å². The quantitative estimate of drug-likeness (QED) is 0.665. The molecule has 1 unspecified atom stereocenters. The molecule has 0 bridgehead atoms. The van der Waals surface area contributed by atoms with Crippen molar-refractivity contribution < 1.29 is 4.52 Å². The third kappa shape index (κ3) is 1.80. The molecule has 0 amide bonds. The lowest BCUT2D eigenvalue weighted by Crippen LogP contribution is -2.29. The summed E-state index contributed by atoms with van der Waals surface area (Å²) < 4.78 is 4.92. The number of nitrogens with zero attached hydrogens (tertiary/aromatic N) is 2. The fourth-order valence-electron chi connectivity index (χ4n) is 0.682. The minimum atomic E-state index is -0.597. The highest BCUT2D eigenvalue weighted by atomic mass is 16.5. The number of nitrogens with two attached hydrogens (primary N) is 2. The maximum Gasteiger partial charge on any atom is 0.246 e. The smallest absolute Gasteiger partial charge is 0.246 e. The topological polar surface area (TPSA) is 91.0 Å². The Morgan fingerprint density at radius 2 is 2.08 bits per heavy atom. The molecule has 0 saturated carbocycles. The minimum absolute atomic E-state index is 0.218. The summed E-state index contributed by atoms with van der Waals surface area (Å²) in [5, 5.41) is 3.69. The fourth-order valence-corrected chi connectivity index (χ4v) is 0.682. The molecule has 1 aromatic heterocycles. The van der Waals surface area contributed by atoms with Crippen LogP contribution in [0.2, 0.25) is 0 Å². The van der Waals surface area contributed by atoms with Crippen molar-refractivity contribution >= 4 is 0 Å². The highest BCUT2D eigenvalue weighted by Crippen LogP contribution is 2.15. The van der Waals surface area contributed by atoms with Gasteiger partial charge in [-0.2, -0.15) is 4.98 Å². The van der Waals surface area contributed by atoms with E-state index in [-0.39, 0.29) is 6.04 Å². The second kappa shape index (κ2) is 2.84. The van der Waals surface area contributed by atoms with E-state index in [0.717, 1.165) is 0 Å². The summed E-state index contributed by atoms with van der Waals surface area (Å²) in [5.41, 5.74) is 10.7. The molecule has 0 spiro atoms. The monoisotopic (exact) mass is 170 g/mol. The number of aromatic nitrogens is 2. The summed E-state index contributed by atoms with van der Waals surface area (Å²) in [6, 6.07) is -0.218. The largest absolute Gasteiger partial charge is 0.337 e. The molecule has 0 aromatic carbocycles. The summed E-state index contributed by atoms with van der Waals surface area (Å²) in [5.74, 6) is 0.901. The molecule has 5 heteroatoms. The summed E-state index contributed by atoms with van der Waals surface area (Å²) >= 11 is 0. The van der Waals surface area contributed by atoms with E-state index >= 15 is 0 Å². The molecule has 1 atom stereocenters. The second-order valence-corrected chi connectivity index (χ2v) is 3.47. The molecule has 5 nitrogen and oxygen atoms in total. The summed E-state index contributed by atoms with van der Waals surface area (Å²) in [6.07, 6.45) is 0. The van der Waals surface area contributed by atoms with Crippen LogP contribution in [0.1, 0.15) is 38.5 Å². The summed E-state index contributed by atoms with van der Waals surface area (Å²) in [6.45, 7) is 5.38. The molecular weight excluding hydrogens is 156 g/mol. The van der Waals surface area contributed by atoms with E-state index in [0.29, 0.717) is 11.7 Å². The maximum absolute atomic E-state index is 5.73. The van der Waals surface area contributed by atoms with Gasteiger partial charge in [0.15, 0.2) is 5.82 Å². The lowest BCUT2D eigenvalue weighted by atomic mass is 10.1. The van der Waals surface area contributed by atoms with Gasteiger partial charge >= 0.3 is 0 Å². The minimum Gasteiger partial charge on any atom is -0.337 e. The zero-order valence-corrected chi connectivity index (χ0v) is 7.53. The molecule has 0 aliphatic rings. The van der Waals surface area contributed by atoms with Gasteiger partial charge in [-0.1, -0.05) is 5.16 Å². The first-order chi connectivity index (χ1) is 5.41. The van der Waals surface area contributed by atoms with Crippen LogP contribution in [0.5, 0.6) is 0 Å².